The highest BCUT2D eigenvalue weighted by Crippen LogP contribution is 2.26. The van der Waals surface area contributed by atoms with E-state index in [4.69, 9.17) is 0 Å². The molecular formula is C19H17N5O5. The van der Waals surface area contributed by atoms with Crippen LogP contribution in [0.2, 0.25) is 0 Å². The second-order valence-corrected chi connectivity index (χ2v) is 6.73. The van der Waals surface area contributed by atoms with Gasteiger partial charge in [-0.15, -0.1) is 0 Å². The number of non-ortho nitro benzene ring substituents is 2. The van der Waals surface area contributed by atoms with Crippen LogP contribution in [0, 0.1) is 20.2 Å². The lowest BCUT2D eigenvalue weighted by atomic mass is 10.2. The third kappa shape index (κ3) is 3.47. The number of benzene rings is 2. The first-order chi connectivity index (χ1) is 13.9. The number of para-hydroxylation sites is 1. The molecule has 10 heteroatoms. The van der Waals surface area contributed by atoms with Crippen LogP contribution in [-0.2, 0) is 0 Å². The molecule has 0 spiro atoms. The van der Waals surface area contributed by atoms with Crippen LogP contribution in [-0.4, -0.2) is 51.8 Å². The van der Waals surface area contributed by atoms with Gasteiger partial charge in [-0.05, 0) is 18.2 Å². The summed E-state index contributed by atoms with van der Waals surface area (Å²) in [6.07, 6.45) is 0. The number of amides is 1. The molecule has 1 aliphatic heterocycles. The minimum absolute atomic E-state index is 0.0375. The Morgan fingerprint density at radius 2 is 1.62 bits per heavy atom. The van der Waals surface area contributed by atoms with Crippen LogP contribution in [0.4, 0.5) is 17.1 Å². The van der Waals surface area contributed by atoms with E-state index in [0.717, 1.165) is 5.69 Å². The molecule has 2 aromatic carbocycles. The average Bonchev–Trinajstić information content (AvgIpc) is 3.17. The molecule has 0 unspecified atom stereocenters. The number of carbonyl (C=O) groups excluding carboxylic acids is 1. The largest absolute Gasteiger partial charge is 0.368 e. The predicted molar refractivity (Wildman–Crippen MR) is 106 cm³/mol. The Labute approximate surface area is 164 Å². The minimum Gasteiger partial charge on any atom is -0.368 e. The number of nitrogens with zero attached hydrogens (tertiary/aromatic N) is 4. The van der Waals surface area contributed by atoms with Gasteiger partial charge in [0.2, 0.25) is 0 Å². The summed E-state index contributed by atoms with van der Waals surface area (Å²) in [4.78, 5) is 40.5. The van der Waals surface area contributed by atoms with E-state index in [9.17, 15) is 25.0 Å². The highest BCUT2D eigenvalue weighted by Gasteiger charge is 2.25. The van der Waals surface area contributed by atoms with Gasteiger partial charge in [0, 0.05) is 55.5 Å². The first-order valence-electron chi connectivity index (χ1n) is 8.99. The fourth-order valence-corrected chi connectivity index (χ4v) is 3.53. The van der Waals surface area contributed by atoms with Crippen molar-refractivity contribution >= 4 is 33.9 Å². The van der Waals surface area contributed by atoms with Crippen molar-refractivity contribution in [3.05, 3.63) is 74.5 Å². The van der Waals surface area contributed by atoms with Crippen LogP contribution in [0.1, 0.15) is 10.5 Å². The number of aromatic nitrogens is 1. The Morgan fingerprint density at radius 3 is 2.24 bits per heavy atom. The van der Waals surface area contributed by atoms with Crippen LogP contribution in [0.3, 0.4) is 0 Å². The summed E-state index contributed by atoms with van der Waals surface area (Å²) in [5.41, 5.74) is 1.49. The highest BCUT2D eigenvalue weighted by molar-refractivity contribution is 6.00. The van der Waals surface area contributed by atoms with E-state index < -0.39 is 9.85 Å². The molecule has 148 valence electrons. The van der Waals surface area contributed by atoms with Gasteiger partial charge in [-0.1, -0.05) is 12.1 Å². The summed E-state index contributed by atoms with van der Waals surface area (Å²) in [7, 11) is 0. The third-order valence-electron chi connectivity index (χ3n) is 5.05. The molecule has 0 saturated carbocycles. The number of rotatable bonds is 4. The molecule has 1 aromatic heterocycles. The van der Waals surface area contributed by atoms with Crippen LogP contribution in [0.5, 0.6) is 0 Å². The highest BCUT2D eigenvalue weighted by atomic mass is 16.6. The molecule has 1 amide bonds. The fraction of sp³-hybridized carbons (Fsp3) is 0.211. The predicted octanol–water partition coefficient (Wildman–Crippen LogP) is 2.95. The molecule has 1 fully saturated rings. The van der Waals surface area contributed by atoms with Gasteiger partial charge in [0.15, 0.2) is 0 Å². The van der Waals surface area contributed by atoms with Crippen LogP contribution in [0.25, 0.3) is 10.9 Å². The number of carbonyl (C=O) groups is 1. The monoisotopic (exact) mass is 395 g/mol. The lowest BCUT2D eigenvalue weighted by Crippen LogP contribution is -2.48. The van der Waals surface area contributed by atoms with Crippen molar-refractivity contribution in [2.24, 2.45) is 0 Å². The van der Waals surface area contributed by atoms with Gasteiger partial charge < -0.3 is 14.8 Å². The molecule has 0 bridgehead atoms. The zero-order valence-electron chi connectivity index (χ0n) is 15.3. The van der Waals surface area contributed by atoms with Gasteiger partial charge in [-0.25, -0.2) is 0 Å². The maximum absolute atomic E-state index is 12.8. The number of H-pyrrole nitrogens is 1. The number of aromatic amines is 1. The fourth-order valence-electron chi connectivity index (χ4n) is 3.53. The maximum Gasteiger partial charge on any atom is 0.293 e. The molecule has 4 rings (SSSR count). The quantitative estimate of drug-likeness (QED) is 0.535. The molecule has 1 N–H and O–H groups in total. The van der Waals surface area contributed by atoms with E-state index in [-0.39, 0.29) is 17.3 Å². The standard InChI is InChI=1S/C19H17N5O5/c25-19(16-12-13-2-1-3-17(24(28)29)18(13)20-16)22-10-8-21(9-11-22)14-4-6-15(7-5-14)23(26)27/h1-7,12,20H,8-11H2. The van der Waals surface area contributed by atoms with E-state index in [0.29, 0.717) is 42.8 Å². The van der Waals surface area contributed by atoms with Crippen molar-refractivity contribution in [1.29, 1.82) is 0 Å². The van der Waals surface area contributed by atoms with Crippen molar-refractivity contribution < 1.29 is 14.6 Å². The van der Waals surface area contributed by atoms with Gasteiger partial charge in [0.25, 0.3) is 17.3 Å². The number of piperazine rings is 1. The molecule has 2 heterocycles. The number of hydrogen-bond acceptors (Lipinski definition) is 6. The second-order valence-electron chi connectivity index (χ2n) is 6.73. The zero-order chi connectivity index (χ0) is 20.5. The van der Waals surface area contributed by atoms with Gasteiger partial charge >= 0.3 is 0 Å². The molecular weight excluding hydrogens is 378 g/mol. The van der Waals surface area contributed by atoms with Gasteiger partial charge in [-0.2, -0.15) is 0 Å². The van der Waals surface area contributed by atoms with Crippen molar-refractivity contribution in [2.75, 3.05) is 31.1 Å². The molecule has 3 aromatic rings. The van der Waals surface area contributed by atoms with E-state index in [1.54, 1.807) is 35.2 Å². The Bertz CT molecular complexity index is 1100. The molecule has 1 aliphatic rings. The van der Waals surface area contributed by atoms with E-state index in [1.807, 2.05) is 0 Å². The summed E-state index contributed by atoms with van der Waals surface area (Å²) in [5, 5.41) is 22.6. The minimum atomic E-state index is -0.476. The topological polar surface area (TPSA) is 126 Å². The number of nitro benzene ring substituents is 2. The molecule has 29 heavy (non-hydrogen) atoms. The Kier molecular flexibility index (Phi) is 4.59. The summed E-state index contributed by atoms with van der Waals surface area (Å²) in [5.74, 6) is -0.209. The molecule has 0 atom stereocenters. The first-order valence-corrected chi connectivity index (χ1v) is 8.99. The number of nitro groups is 2. The first kappa shape index (κ1) is 18.4. The second kappa shape index (κ2) is 7.23. The van der Waals surface area contributed by atoms with Crippen molar-refractivity contribution in [3.63, 3.8) is 0 Å². The van der Waals surface area contributed by atoms with Gasteiger partial charge in [0.1, 0.15) is 11.2 Å². The molecule has 0 radical (unpaired) electrons. The lowest BCUT2D eigenvalue weighted by molar-refractivity contribution is -0.384. The average molecular weight is 395 g/mol. The molecule has 10 nitrogen and oxygen atoms in total. The summed E-state index contributed by atoms with van der Waals surface area (Å²) >= 11 is 0. The number of fused-ring (bicyclic) bond motifs is 1. The smallest absolute Gasteiger partial charge is 0.293 e. The third-order valence-corrected chi connectivity index (χ3v) is 5.05. The van der Waals surface area contributed by atoms with E-state index >= 15 is 0 Å². The van der Waals surface area contributed by atoms with Crippen LogP contribution in [0.15, 0.2) is 48.5 Å². The normalized spacial score (nSPS) is 14.2. The molecule has 0 aliphatic carbocycles. The van der Waals surface area contributed by atoms with Crippen LogP contribution >= 0.6 is 0 Å². The number of nitrogens with one attached hydrogen (secondary N) is 1. The van der Waals surface area contributed by atoms with Crippen molar-refractivity contribution in [2.45, 2.75) is 0 Å². The number of anilines is 1. The van der Waals surface area contributed by atoms with Crippen molar-refractivity contribution in [1.82, 2.24) is 9.88 Å². The van der Waals surface area contributed by atoms with Crippen molar-refractivity contribution in [3.8, 4) is 0 Å². The van der Waals surface area contributed by atoms with Crippen LogP contribution < -0.4 is 4.90 Å². The summed E-state index contributed by atoms with van der Waals surface area (Å²) in [6.45, 7) is 2.13. The van der Waals surface area contributed by atoms with Gasteiger partial charge in [-0.3, -0.25) is 25.0 Å². The molecule has 1 saturated heterocycles. The maximum atomic E-state index is 12.8. The van der Waals surface area contributed by atoms with Gasteiger partial charge in [0.05, 0.1) is 9.85 Å². The summed E-state index contributed by atoms with van der Waals surface area (Å²) < 4.78 is 0. The number of hydrogen-bond donors (Lipinski definition) is 1. The zero-order valence-corrected chi connectivity index (χ0v) is 15.3. The Morgan fingerprint density at radius 1 is 0.931 bits per heavy atom. The SMILES string of the molecule is O=C(c1cc2cccc([N+](=O)[O-])c2[nH]1)N1CCN(c2ccc([N+](=O)[O-])cc2)CC1. The van der Waals surface area contributed by atoms with E-state index in [2.05, 4.69) is 9.88 Å². The summed E-state index contributed by atoms with van der Waals surface area (Å²) in [6, 6.07) is 12.7. The Hall–Kier alpha value is -3.95. The van der Waals surface area contributed by atoms with E-state index in [1.165, 1.54) is 18.2 Å². The lowest BCUT2D eigenvalue weighted by Gasteiger charge is -2.35. The Balaban J connectivity index is 1.46.